The Labute approximate surface area is 241 Å². The quantitative estimate of drug-likeness (QED) is 0.0570. The molecule has 1 unspecified atom stereocenters. The van der Waals surface area contributed by atoms with Crippen LogP contribution in [0.1, 0.15) is 162 Å². The first-order chi connectivity index (χ1) is 19.1. The lowest BCUT2D eigenvalue weighted by molar-refractivity contribution is -0.161. The summed E-state index contributed by atoms with van der Waals surface area (Å²) in [5.41, 5.74) is 0. The molecular formula is C34H62O5. The van der Waals surface area contributed by atoms with Gasteiger partial charge in [-0.05, 0) is 32.1 Å². The zero-order chi connectivity index (χ0) is 28.7. The lowest BCUT2D eigenvalue weighted by atomic mass is 10.0. The summed E-state index contributed by atoms with van der Waals surface area (Å²) in [5.74, 6) is -0.668. The van der Waals surface area contributed by atoms with E-state index in [1.807, 2.05) is 6.08 Å². The van der Waals surface area contributed by atoms with Gasteiger partial charge in [0.2, 0.25) is 0 Å². The van der Waals surface area contributed by atoms with Crippen LogP contribution in [-0.2, 0) is 19.1 Å². The van der Waals surface area contributed by atoms with Crippen LogP contribution in [0.5, 0.6) is 0 Å². The van der Waals surface area contributed by atoms with Gasteiger partial charge in [-0.15, -0.1) is 0 Å². The van der Waals surface area contributed by atoms with Gasteiger partial charge in [-0.3, -0.25) is 9.59 Å². The molecule has 0 aliphatic carbocycles. The van der Waals surface area contributed by atoms with E-state index in [0.717, 1.165) is 32.1 Å². The van der Waals surface area contributed by atoms with Crippen molar-refractivity contribution in [3.05, 3.63) is 24.3 Å². The number of ether oxygens (including phenoxy) is 2. The van der Waals surface area contributed by atoms with Crippen molar-refractivity contribution >= 4 is 11.9 Å². The average molecular weight is 551 g/mol. The summed E-state index contributed by atoms with van der Waals surface area (Å²) in [7, 11) is 0. The Morgan fingerprint density at radius 2 is 1.08 bits per heavy atom. The number of allylic oxidation sites excluding steroid dienone is 4. The van der Waals surface area contributed by atoms with E-state index in [9.17, 15) is 14.7 Å². The van der Waals surface area contributed by atoms with Gasteiger partial charge < -0.3 is 14.6 Å². The molecule has 0 aromatic heterocycles. The number of carbonyl (C=O) groups is 2. The number of hydrogen-bond acceptors (Lipinski definition) is 5. The predicted octanol–water partition coefficient (Wildman–Crippen LogP) is 9.56. The second kappa shape index (κ2) is 30.9. The minimum Gasteiger partial charge on any atom is -0.462 e. The first-order valence-corrected chi connectivity index (χ1v) is 16.4. The van der Waals surface area contributed by atoms with Crippen molar-refractivity contribution in [3.8, 4) is 0 Å². The minimum absolute atomic E-state index is 0.0928. The zero-order valence-electron chi connectivity index (χ0n) is 25.6. The van der Waals surface area contributed by atoms with Crippen LogP contribution in [0.25, 0.3) is 0 Å². The maximum Gasteiger partial charge on any atom is 0.306 e. The molecule has 0 aliphatic rings. The van der Waals surface area contributed by atoms with E-state index < -0.39 is 6.10 Å². The molecule has 0 radical (unpaired) electrons. The van der Waals surface area contributed by atoms with Crippen LogP contribution in [0.2, 0.25) is 0 Å². The molecule has 0 aromatic carbocycles. The van der Waals surface area contributed by atoms with Crippen LogP contribution in [0.15, 0.2) is 24.3 Å². The topological polar surface area (TPSA) is 72.8 Å². The van der Waals surface area contributed by atoms with E-state index in [0.29, 0.717) is 12.8 Å². The van der Waals surface area contributed by atoms with Gasteiger partial charge in [0.25, 0.3) is 0 Å². The van der Waals surface area contributed by atoms with Crippen LogP contribution >= 0.6 is 0 Å². The van der Waals surface area contributed by atoms with Gasteiger partial charge in [-0.1, -0.05) is 141 Å². The molecule has 0 aliphatic heterocycles. The van der Waals surface area contributed by atoms with Crippen molar-refractivity contribution in [2.75, 3.05) is 13.2 Å². The molecule has 0 saturated carbocycles. The first kappa shape index (κ1) is 37.4. The largest absolute Gasteiger partial charge is 0.462 e. The van der Waals surface area contributed by atoms with E-state index >= 15 is 0 Å². The third-order valence-corrected chi connectivity index (χ3v) is 7.01. The normalized spacial score (nSPS) is 12.4. The Bertz CT molecular complexity index is 598. The van der Waals surface area contributed by atoms with Crippen molar-refractivity contribution in [1.29, 1.82) is 0 Å². The third kappa shape index (κ3) is 29.2. The molecule has 1 atom stereocenters. The number of esters is 2. The van der Waals surface area contributed by atoms with E-state index in [1.54, 1.807) is 0 Å². The van der Waals surface area contributed by atoms with Crippen LogP contribution in [-0.4, -0.2) is 36.4 Å². The Balaban J connectivity index is 3.66. The highest BCUT2D eigenvalue weighted by molar-refractivity contribution is 5.70. The number of unbranched alkanes of at least 4 members (excludes halogenated alkanes) is 17. The Morgan fingerprint density at radius 1 is 0.590 bits per heavy atom. The Kier molecular flexibility index (Phi) is 29.6. The summed E-state index contributed by atoms with van der Waals surface area (Å²) < 4.78 is 10.5. The molecular weight excluding hydrogens is 488 g/mol. The fourth-order valence-corrected chi connectivity index (χ4v) is 4.49. The van der Waals surface area contributed by atoms with Crippen molar-refractivity contribution in [2.45, 2.75) is 168 Å². The summed E-state index contributed by atoms with van der Waals surface area (Å²) in [6.45, 7) is 4.06. The van der Waals surface area contributed by atoms with Gasteiger partial charge in [0.15, 0.2) is 6.10 Å². The number of hydrogen-bond donors (Lipinski definition) is 1. The molecule has 39 heavy (non-hydrogen) atoms. The second-order valence-electron chi connectivity index (χ2n) is 10.9. The monoisotopic (exact) mass is 550 g/mol. The number of carbonyl (C=O) groups excluding carboxylic acids is 2. The van der Waals surface area contributed by atoms with Gasteiger partial charge in [0, 0.05) is 12.8 Å². The van der Waals surface area contributed by atoms with Crippen LogP contribution in [0, 0.1) is 0 Å². The van der Waals surface area contributed by atoms with Crippen molar-refractivity contribution in [3.63, 3.8) is 0 Å². The molecule has 0 aromatic rings. The average Bonchev–Trinajstić information content (AvgIpc) is 2.94. The third-order valence-electron chi connectivity index (χ3n) is 7.01. The second-order valence-corrected chi connectivity index (χ2v) is 10.9. The van der Waals surface area contributed by atoms with Gasteiger partial charge in [-0.2, -0.15) is 0 Å². The van der Waals surface area contributed by atoms with E-state index in [1.165, 1.54) is 96.3 Å². The van der Waals surface area contributed by atoms with Crippen molar-refractivity contribution in [2.24, 2.45) is 0 Å². The van der Waals surface area contributed by atoms with E-state index in [4.69, 9.17) is 9.47 Å². The SMILES string of the molecule is CCCCCCCC/C=C/C/C=C/CCC(=O)OCC(CO)OC(=O)CCCCCCCCCCCCCC. The molecule has 228 valence electrons. The smallest absolute Gasteiger partial charge is 0.306 e. The minimum atomic E-state index is -0.786. The van der Waals surface area contributed by atoms with E-state index in [2.05, 4.69) is 32.1 Å². The number of rotatable bonds is 29. The molecule has 0 amide bonds. The number of aliphatic hydroxyl groups excluding tert-OH is 1. The summed E-state index contributed by atoms with van der Waals surface area (Å²) in [6, 6.07) is 0. The lowest BCUT2D eigenvalue weighted by Gasteiger charge is -2.15. The molecule has 1 N–H and O–H groups in total. The standard InChI is InChI=1S/C34H62O5/c1-3-5-7-9-11-13-15-17-19-20-22-24-26-28-33(36)38-31-32(30-35)39-34(37)29-27-25-23-21-18-16-14-12-10-8-6-4-2/h17,19,22,24,32,35H,3-16,18,20-21,23,25-31H2,1-2H3/b19-17+,24-22+. The van der Waals surface area contributed by atoms with Gasteiger partial charge in [0.05, 0.1) is 6.61 Å². The van der Waals surface area contributed by atoms with Crippen LogP contribution < -0.4 is 0 Å². The predicted molar refractivity (Wildman–Crippen MR) is 164 cm³/mol. The highest BCUT2D eigenvalue weighted by Gasteiger charge is 2.15. The fourth-order valence-electron chi connectivity index (χ4n) is 4.49. The molecule has 0 spiro atoms. The van der Waals surface area contributed by atoms with Gasteiger partial charge in [0.1, 0.15) is 6.61 Å². The van der Waals surface area contributed by atoms with E-state index in [-0.39, 0.29) is 31.6 Å². The molecule has 0 saturated heterocycles. The first-order valence-electron chi connectivity index (χ1n) is 16.4. The van der Waals surface area contributed by atoms with Gasteiger partial charge >= 0.3 is 11.9 Å². The maximum absolute atomic E-state index is 12.1. The number of aliphatic hydroxyl groups is 1. The summed E-state index contributed by atoms with van der Waals surface area (Å²) in [6.07, 6.45) is 33.8. The molecule has 0 rings (SSSR count). The lowest BCUT2D eigenvalue weighted by Crippen LogP contribution is -2.28. The van der Waals surface area contributed by atoms with Crippen LogP contribution in [0.4, 0.5) is 0 Å². The summed E-state index contributed by atoms with van der Waals surface area (Å²) >= 11 is 0. The summed E-state index contributed by atoms with van der Waals surface area (Å²) in [5, 5.41) is 9.47. The van der Waals surface area contributed by atoms with Crippen LogP contribution in [0.3, 0.4) is 0 Å². The molecule has 0 fully saturated rings. The summed E-state index contributed by atoms with van der Waals surface area (Å²) in [4.78, 5) is 24.0. The molecule has 0 heterocycles. The van der Waals surface area contributed by atoms with Crippen molar-refractivity contribution in [1.82, 2.24) is 0 Å². The van der Waals surface area contributed by atoms with Gasteiger partial charge in [-0.25, -0.2) is 0 Å². The Morgan fingerprint density at radius 3 is 1.62 bits per heavy atom. The molecule has 5 nitrogen and oxygen atoms in total. The highest BCUT2D eigenvalue weighted by Crippen LogP contribution is 2.13. The van der Waals surface area contributed by atoms with Crippen molar-refractivity contribution < 1.29 is 24.2 Å². The Hall–Kier alpha value is -1.62. The highest BCUT2D eigenvalue weighted by atomic mass is 16.6. The fraction of sp³-hybridized carbons (Fsp3) is 0.824. The molecule has 5 heteroatoms. The molecule has 0 bridgehead atoms. The zero-order valence-corrected chi connectivity index (χ0v) is 25.6. The maximum atomic E-state index is 12.1.